The lowest BCUT2D eigenvalue weighted by Crippen LogP contribution is -2.24. The molecule has 0 radical (unpaired) electrons. The number of rotatable bonds is 5. The second kappa shape index (κ2) is 5.87. The third kappa shape index (κ3) is 3.13. The number of nitrogens with one attached hydrogen (secondary N) is 2. The van der Waals surface area contributed by atoms with E-state index in [4.69, 9.17) is 0 Å². The van der Waals surface area contributed by atoms with Crippen LogP contribution in [0.3, 0.4) is 0 Å². The predicted octanol–water partition coefficient (Wildman–Crippen LogP) is 3.63. The van der Waals surface area contributed by atoms with Gasteiger partial charge < -0.3 is 5.32 Å². The van der Waals surface area contributed by atoms with Gasteiger partial charge in [0.15, 0.2) is 5.82 Å². The maximum atomic E-state index is 4.41. The molecule has 1 heterocycles. The summed E-state index contributed by atoms with van der Waals surface area (Å²) in [6, 6.07) is 8.66. The number of hydrogen-bond acceptors (Lipinski definition) is 3. The molecular formula is C15H22N4. The fourth-order valence-corrected chi connectivity index (χ4v) is 2.21. The van der Waals surface area contributed by atoms with Crippen LogP contribution in [0.15, 0.2) is 24.3 Å². The van der Waals surface area contributed by atoms with Crippen molar-refractivity contribution in [1.82, 2.24) is 15.2 Å². The molecule has 0 fully saturated rings. The molecule has 102 valence electrons. The number of anilines is 1. The summed E-state index contributed by atoms with van der Waals surface area (Å²) in [7, 11) is 0. The van der Waals surface area contributed by atoms with Gasteiger partial charge in [0.05, 0.1) is 0 Å². The highest BCUT2D eigenvalue weighted by Crippen LogP contribution is 2.26. The Bertz CT molecular complexity index is 530. The Kier molecular flexibility index (Phi) is 4.20. The number of nitrogens with zero attached hydrogens (tertiary/aromatic N) is 2. The molecule has 4 nitrogen and oxygen atoms in total. The third-order valence-corrected chi connectivity index (χ3v) is 3.35. The van der Waals surface area contributed by atoms with E-state index in [0.29, 0.717) is 12.0 Å². The molecule has 2 N–H and O–H groups in total. The van der Waals surface area contributed by atoms with Crippen LogP contribution in [-0.2, 0) is 0 Å². The molecule has 0 spiro atoms. The molecule has 0 amide bonds. The van der Waals surface area contributed by atoms with Crippen LogP contribution >= 0.6 is 0 Å². The third-order valence-electron chi connectivity index (χ3n) is 3.35. The lowest BCUT2D eigenvalue weighted by atomic mass is 10.0. The summed E-state index contributed by atoms with van der Waals surface area (Å²) >= 11 is 0. The summed E-state index contributed by atoms with van der Waals surface area (Å²) in [5, 5.41) is 10.8. The van der Waals surface area contributed by atoms with Crippen LogP contribution in [0, 0.1) is 12.8 Å². The van der Waals surface area contributed by atoms with Gasteiger partial charge in [-0.25, -0.2) is 4.98 Å². The Labute approximate surface area is 114 Å². The molecule has 0 aliphatic carbocycles. The Morgan fingerprint density at radius 1 is 1.26 bits per heavy atom. The van der Waals surface area contributed by atoms with E-state index < -0.39 is 0 Å². The highest BCUT2D eigenvalue weighted by Gasteiger charge is 2.14. The summed E-state index contributed by atoms with van der Waals surface area (Å²) in [6.07, 6.45) is 1.10. The minimum atomic E-state index is 0.459. The van der Waals surface area contributed by atoms with Crippen molar-refractivity contribution < 1.29 is 0 Å². The topological polar surface area (TPSA) is 53.6 Å². The van der Waals surface area contributed by atoms with E-state index in [1.165, 1.54) is 0 Å². The molecule has 4 heteroatoms. The first-order valence-electron chi connectivity index (χ1n) is 6.86. The first-order chi connectivity index (χ1) is 9.11. The molecule has 1 aromatic heterocycles. The van der Waals surface area contributed by atoms with Gasteiger partial charge >= 0.3 is 0 Å². The summed E-state index contributed by atoms with van der Waals surface area (Å²) in [4.78, 5) is 4.41. The second-order valence-electron chi connectivity index (χ2n) is 5.19. The molecule has 0 saturated carbocycles. The summed E-state index contributed by atoms with van der Waals surface area (Å²) in [5.74, 6) is 2.17. The molecule has 1 atom stereocenters. The zero-order valence-electron chi connectivity index (χ0n) is 12.1. The van der Waals surface area contributed by atoms with Crippen LogP contribution in [-0.4, -0.2) is 21.2 Å². The SMILES string of the molecule is CCC(Nc1ccccc1-c1n[nH]c(C)n1)C(C)C. The van der Waals surface area contributed by atoms with Crippen molar-refractivity contribution in [3.63, 3.8) is 0 Å². The number of H-pyrrole nitrogens is 1. The minimum absolute atomic E-state index is 0.459. The highest BCUT2D eigenvalue weighted by atomic mass is 15.2. The van der Waals surface area contributed by atoms with Gasteiger partial charge in [-0.1, -0.05) is 32.9 Å². The van der Waals surface area contributed by atoms with Gasteiger partial charge in [-0.3, -0.25) is 5.10 Å². The van der Waals surface area contributed by atoms with Crippen molar-refractivity contribution in [2.24, 2.45) is 5.92 Å². The van der Waals surface area contributed by atoms with Crippen LogP contribution < -0.4 is 5.32 Å². The van der Waals surface area contributed by atoms with Gasteiger partial charge in [0.1, 0.15) is 5.82 Å². The molecule has 0 aliphatic rings. The van der Waals surface area contributed by atoms with Crippen molar-refractivity contribution in [2.75, 3.05) is 5.32 Å². The van der Waals surface area contributed by atoms with Gasteiger partial charge in [0.25, 0.3) is 0 Å². The van der Waals surface area contributed by atoms with Crippen molar-refractivity contribution >= 4 is 5.69 Å². The highest BCUT2D eigenvalue weighted by molar-refractivity contribution is 5.73. The Morgan fingerprint density at radius 2 is 2.00 bits per heavy atom. The van der Waals surface area contributed by atoms with Gasteiger partial charge in [-0.2, -0.15) is 5.10 Å². The molecule has 19 heavy (non-hydrogen) atoms. The number of aromatic amines is 1. The van der Waals surface area contributed by atoms with Crippen LogP contribution in [0.5, 0.6) is 0 Å². The van der Waals surface area contributed by atoms with Crippen molar-refractivity contribution in [3.05, 3.63) is 30.1 Å². The Hall–Kier alpha value is -1.84. The van der Waals surface area contributed by atoms with E-state index in [9.17, 15) is 0 Å². The molecule has 0 aliphatic heterocycles. The molecule has 2 rings (SSSR count). The molecule has 0 bridgehead atoms. The smallest absolute Gasteiger partial charge is 0.183 e. The van der Waals surface area contributed by atoms with Crippen LogP contribution in [0.2, 0.25) is 0 Å². The molecular weight excluding hydrogens is 236 g/mol. The average Bonchev–Trinajstić information content (AvgIpc) is 2.82. The number of benzene rings is 1. The number of aromatic nitrogens is 3. The quantitative estimate of drug-likeness (QED) is 0.861. The first kappa shape index (κ1) is 13.6. The Morgan fingerprint density at radius 3 is 2.58 bits per heavy atom. The summed E-state index contributed by atoms with van der Waals surface area (Å²) in [5.41, 5.74) is 2.15. The lowest BCUT2D eigenvalue weighted by Gasteiger charge is -2.23. The fourth-order valence-electron chi connectivity index (χ4n) is 2.21. The maximum Gasteiger partial charge on any atom is 0.183 e. The molecule has 2 aromatic rings. The fraction of sp³-hybridized carbons (Fsp3) is 0.467. The van der Waals surface area contributed by atoms with E-state index in [2.05, 4.69) is 53.4 Å². The number of para-hydroxylation sites is 1. The largest absolute Gasteiger partial charge is 0.381 e. The second-order valence-corrected chi connectivity index (χ2v) is 5.19. The number of aryl methyl sites for hydroxylation is 1. The van der Waals surface area contributed by atoms with Crippen LogP contribution in [0.25, 0.3) is 11.4 Å². The zero-order valence-corrected chi connectivity index (χ0v) is 12.1. The predicted molar refractivity (Wildman–Crippen MR) is 79.1 cm³/mol. The standard InChI is InChI=1S/C15H22N4/c1-5-13(10(2)3)17-14-9-7-6-8-12(14)15-16-11(4)18-19-15/h6-10,13,17H,5H2,1-4H3,(H,16,18,19). The first-order valence-corrected chi connectivity index (χ1v) is 6.86. The zero-order chi connectivity index (χ0) is 13.8. The summed E-state index contributed by atoms with van der Waals surface area (Å²) in [6.45, 7) is 8.59. The van der Waals surface area contributed by atoms with Crippen LogP contribution in [0.1, 0.15) is 33.0 Å². The van der Waals surface area contributed by atoms with E-state index in [1.807, 2.05) is 19.1 Å². The monoisotopic (exact) mass is 258 g/mol. The minimum Gasteiger partial charge on any atom is -0.381 e. The molecule has 0 saturated heterocycles. The molecule has 1 unspecified atom stereocenters. The van der Waals surface area contributed by atoms with E-state index in [0.717, 1.165) is 29.3 Å². The van der Waals surface area contributed by atoms with Crippen LogP contribution in [0.4, 0.5) is 5.69 Å². The average molecular weight is 258 g/mol. The van der Waals surface area contributed by atoms with E-state index in [1.54, 1.807) is 0 Å². The van der Waals surface area contributed by atoms with Crippen molar-refractivity contribution in [1.29, 1.82) is 0 Å². The van der Waals surface area contributed by atoms with Gasteiger partial charge in [-0.05, 0) is 31.4 Å². The maximum absolute atomic E-state index is 4.41. The normalized spacial score (nSPS) is 12.7. The Balaban J connectivity index is 2.31. The van der Waals surface area contributed by atoms with Crippen molar-refractivity contribution in [2.45, 2.75) is 40.2 Å². The van der Waals surface area contributed by atoms with Crippen molar-refractivity contribution in [3.8, 4) is 11.4 Å². The summed E-state index contributed by atoms with van der Waals surface area (Å²) < 4.78 is 0. The van der Waals surface area contributed by atoms with E-state index >= 15 is 0 Å². The van der Waals surface area contributed by atoms with E-state index in [-0.39, 0.29) is 0 Å². The van der Waals surface area contributed by atoms with Gasteiger partial charge in [0.2, 0.25) is 0 Å². The lowest BCUT2D eigenvalue weighted by molar-refractivity contribution is 0.511. The van der Waals surface area contributed by atoms with Gasteiger partial charge in [-0.15, -0.1) is 0 Å². The molecule has 1 aromatic carbocycles. The number of hydrogen-bond donors (Lipinski definition) is 2. The van der Waals surface area contributed by atoms with Gasteiger partial charge in [0, 0.05) is 17.3 Å².